The molecule has 7 heteroatoms. The van der Waals surface area contributed by atoms with Crippen LogP contribution in [-0.4, -0.2) is 54.7 Å². The Labute approximate surface area is 168 Å². The molecule has 2 heterocycles. The molecule has 2 fully saturated rings. The first-order valence-electron chi connectivity index (χ1n) is 9.67. The van der Waals surface area contributed by atoms with Gasteiger partial charge < -0.3 is 4.90 Å². The molecule has 0 aliphatic carbocycles. The molecule has 0 spiro atoms. The average molecular weight is 395 g/mol. The Hall–Kier alpha value is -3.06. The zero-order valence-electron chi connectivity index (χ0n) is 16.2. The van der Waals surface area contributed by atoms with Gasteiger partial charge in [0.05, 0.1) is 18.2 Å². The molecule has 2 amide bonds. The van der Waals surface area contributed by atoms with Crippen LogP contribution in [0.4, 0.5) is 15.8 Å². The van der Waals surface area contributed by atoms with E-state index in [9.17, 15) is 18.8 Å². The summed E-state index contributed by atoms with van der Waals surface area (Å²) in [7, 11) is 0. The summed E-state index contributed by atoms with van der Waals surface area (Å²) in [5.74, 6) is -1.27. The normalized spacial score (nSPS) is 20.4. The van der Waals surface area contributed by atoms with E-state index in [0.29, 0.717) is 31.7 Å². The van der Waals surface area contributed by atoms with Gasteiger partial charge in [-0.05, 0) is 43.3 Å². The topological polar surface area (TPSA) is 60.9 Å². The highest BCUT2D eigenvalue weighted by Crippen LogP contribution is 2.28. The third-order valence-corrected chi connectivity index (χ3v) is 5.61. The molecule has 6 nitrogen and oxygen atoms in total. The number of imide groups is 1. The third-order valence-electron chi connectivity index (χ3n) is 5.61. The molecule has 0 radical (unpaired) electrons. The molecular formula is C22H22FN3O3. The van der Waals surface area contributed by atoms with Crippen LogP contribution in [0.3, 0.4) is 0 Å². The lowest BCUT2D eigenvalue weighted by Crippen LogP contribution is -2.52. The number of halogens is 1. The lowest BCUT2D eigenvalue weighted by molar-refractivity contribution is -0.123. The van der Waals surface area contributed by atoms with Gasteiger partial charge in [0.2, 0.25) is 5.91 Å². The molecule has 150 valence electrons. The van der Waals surface area contributed by atoms with Crippen molar-refractivity contribution in [2.24, 2.45) is 0 Å². The van der Waals surface area contributed by atoms with Crippen molar-refractivity contribution >= 4 is 29.0 Å². The van der Waals surface area contributed by atoms with Gasteiger partial charge in [-0.15, -0.1) is 0 Å². The van der Waals surface area contributed by atoms with Crippen molar-refractivity contribution < 1.29 is 18.8 Å². The molecule has 1 atom stereocenters. The van der Waals surface area contributed by atoms with Crippen LogP contribution in [-0.2, 0) is 9.59 Å². The van der Waals surface area contributed by atoms with E-state index in [1.807, 2.05) is 29.2 Å². The van der Waals surface area contributed by atoms with E-state index in [0.717, 1.165) is 10.6 Å². The molecular weight excluding hydrogens is 373 g/mol. The number of anilines is 2. The van der Waals surface area contributed by atoms with E-state index < -0.39 is 11.9 Å². The molecule has 2 aliphatic heterocycles. The summed E-state index contributed by atoms with van der Waals surface area (Å²) >= 11 is 0. The van der Waals surface area contributed by atoms with Crippen LogP contribution < -0.4 is 9.80 Å². The summed E-state index contributed by atoms with van der Waals surface area (Å²) in [6, 6.07) is 12.8. The van der Waals surface area contributed by atoms with Gasteiger partial charge in [0.25, 0.3) is 5.91 Å². The lowest BCUT2D eigenvalue weighted by Gasteiger charge is -2.38. The van der Waals surface area contributed by atoms with Gasteiger partial charge >= 0.3 is 0 Å². The van der Waals surface area contributed by atoms with Gasteiger partial charge in [-0.3, -0.25) is 19.3 Å². The van der Waals surface area contributed by atoms with Crippen LogP contribution in [0.1, 0.15) is 23.7 Å². The van der Waals surface area contributed by atoms with Crippen molar-refractivity contribution in [1.29, 1.82) is 0 Å². The zero-order valence-corrected chi connectivity index (χ0v) is 16.2. The molecule has 4 rings (SSSR count). The molecule has 2 aromatic carbocycles. The van der Waals surface area contributed by atoms with E-state index in [2.05, 4.69) is 4.90 Å². The first-order chi connectivity index (χ1) is 14.0. The monoisotopic (exact) mass is 395 g/mol. The lowest BCUT2D eigenvalue weighted by atomic mass is 10.1. The van der Waals surface area contributed by atoms with E-state index in [-0.39, 0.29) is 29.7 Å². The standard InChI is InChI=1S/C22H22FN3O3/c1-15(27)16-6-8-17(9-7-16)24-10-12-25(13-11-24)20-14-21(28)26(22(20)29)19-5-3-2-4-18(19)23/h2-9,20H,10-14H2,1H3/t20-/m1/s1. The maximum atomic E-state index is 14.1. The minimum atomic E-state index is -0.575. The summed E-state index contributed by atoms with van der Waals surface area (Å²) < 4.78 is 14.1. The van der Waals surface area contributed by atoms with Gasteiger partial charge in [-0.2, -0.15) is 0 Å². The highest BCUT2D eigenvalue weighted by molar-refractivity contribution is 6.22. The summed E-state index contributed by atoms with van der Waals surface area (Å²) in [4.78, 5) is 41.9. The van der Waals surface area contributed by atoms with Crippen molar-refractivity contribution in [3.8, 4) is 0 Å². The summed E-state index contributed by atoms with van der Waals surface area (Å²) in [5.41, 5.74) is 1.72. The average Bonchev–Trinajstić information content (AvgIpc) is 3.03. The number of piperazine rings is 1. The minimum Gasteiger partial charge on any atom is -0.369 e. The van der Waals surface area contributed by atoms with Crippen molar-refractivity contribution in [2.45, 2.75) is 19.4 Å². The summed E-state index contributed by atoms with van der Waals surface area (Å²) in [6.45, 7) is 4.21. The van der Waals surface area contributed by atoms with Crippen molar-refractivity contribution in [3.63, 3.8) is 0 Å². The van der Waals surface area contributed by atoms with Crippen LogP contribution in [0.2, 0.25) is 0 Å². The largest absolute Gasteiger partial charge is 0.369 e. The number of carbonyl (C=O) groups excluding carboxylic acids is 3. The van der Waals surface area contributed by atoms with Gasteiger partial charge in [0.15, 0.2) is 5.78 Å². The Morgan fingerprint density at radius 2 is 1.62 bits per heavy atom. The predicted octanol–water partition coefficient (Wildman–Crippen LogP) is 2.48. The molecule has 29 heavy (non-hydrogen) atoms. The van der Waals surface area contributed by atoms with Crippen LogP contribution in [0.5, 0.6) is 0 Å². The highest BCUT2D eigenvalue weighted by Gasteiger charge is 2.44. The van der Waals surface area contributed by atoms with Crippen LogP contribution in [0.15, 0.2) is 48.5 Å². The number of hydrogen-bond acceptors (Lipinski definition) is 5. The van der Waals surface area contributed by atoms with Crippen molar-refractivity contribution in [3.05, 3.63) is 59.9 Å². The third kappa shape index (κ3) is 3.65. The molecule has 2 aromatic rings. The van der Waals surface area contributed by atoms with Gasteiger partial charge in [0.1, 0.15) is 5.82 Å². The smallest absolute Gasteiger partial charge is 0.251 e. The molecule has 0 N–H and O–H groups in total. The fourth-order valence-electron chi connectivity index (χ4n) is 3.99. The molecule has 0 aromatic heterocycles. The number of benzene rings is 2. The number of Topliss-reactive ketones (excluding diaryl/α,β-unsaturated/α-hetero) is 1. The molecule has 2 saturated heterocycles. The van der Waals surface area contributed by atoms with Crippen LogP contribution >= 0.6 is 0 Å². The summed E-state index contributed by atoms with van der Waals surface area (Å²) in [5, 5.41) is 0. The predicted molar refractivity (Wildman–Crippen MR) is 108 cm³/mol. The number of amides is 2. The SMILES string of the molecule is CC(=O)c1ccc(N2CCN([C@@H]3CC(=O)N(c4ccccc4F)C3=O)CC2)cc1. The molecule has 0 saturated carbocycles. The van der Waals surface area contributed by atoms with Gasteiger partial charge in [-0.25, -0.2) is 9.29 Å². The number of para-hydroxylation sites is 1. The molecule has 0 bridgehead atoms. The second-order valence-corrected chi connectivity index (χ2v) is 7.36. The van der Waals surface area contributed by atoms with Crippen LogP contribution in [0.25, 0.3) is 0 Å². The fourth-order valence-corrected chi connectivity index (χ4v) is 3.99. The maximum Gasteiger partial charge on any atom is 0.251 e. The van der Waals surface area contributed by atoms with E-state index >= 15 is 0 Å². The number of hydrogen-bond donors (Lipinski definition) is 0. The van der Waals surface area contributed by atoms with E-state index in [1.54, 1.807) is 6.07 Å². The van der Waals surface area contributed by atoms with Crippen LogP contribution in [0, 0.1) is 5.82 Å². The fraction of sp³-hybridized carbons (Fsp3) is 0.318. The van der Waals surface area contributed by atoms with Gasteiger partial charge in [-0.1, -0.05) is 12.1 Å². The number of nitrogens with zero attached hydrogens (tertiary/aromatic N) is 3. The number of carbonyl (C=O) groups is 3. The molecule has 0 unspecified atom stereocenters. The quantitative estimate of drug-likeness (QED) is 0.588. The van der Waals surface area contributed by atoms with E-state index in [4.69, 9.17) is 0 Å². The second-order valence-electron chi connectivity index (χ2n) is 7.36. The van der Waals surface area contributed by atoms with Crippen molar-refractivity contribution in [1.82, 2.24) is 4.90 Å². The molecule has 2 aliphatic rings. The Morgan fingerprint density at radius 1 is 0.966 bits per heavy atom. The van der Waals surface area contributed by atoms with E-state index in [1.165, 1.54) is 25.1 Å². The Kier molecular flexibility index (Phi) is 5.15. The summed E-state index contributed by atoms with van der Waals surface area (Å²) in [6.07, 6.45) is 0.0699. The Bertz CT molecular complexity index is 952. The number of rotatable bonds is 4. The second kappa shape index (κ2) is 7.75. The zero-order chi connectivity index (χ0) is 20.5. The van der Waals surface area contributed by atoms with Crippen molar-refractivity contribution in [2.75, 3.05) is 36.0 Å². The Morgan fingerprint density at radius 3 is 2.24 bits per heavy atom. The minimum absolute atomic E-state index is 0.0224. The number of ketones is 1. The first kappa shape index (κ1) is 19.3. The highest BCUT2D eigenvalue weighted by atomic mass is 19.1. The Balaban J connectivity index is 1.42. The maximum absolute atomic E-state index is 14.1. The first-order valence-corrected chi connectivity index (χ1v) is 9.67. The van der Waals surface area contributed by atoms with Gasteiger partial charge in [0, 0.05) is 37.4 Å².